The van der Waals surface area contributed by atoms with Crippen molar-refractivity contribution < 1.29 is 9.72 Å². The summed E-state index contributed by atoms with van der Waals surface area (Å²) in [6, 6.07) is 5.86. The van der Waals surface area contributed by atoms with E-state index in [1.165, 1.54) is 12.1 Å². The van der Waals surface area contributed by atoms with E-state index >= 15 is 0 Å². The summed E-state index contributed by atoms with van der Waals surface area (Å²) >= 11 is 4.77. The van der Waals surface area contributed by atoms with Gasteiger partial charge in [0.25, 0.3) is 11.6 Å². The van der Waals surface area contributed by atoms with Gasteiger partial charge in [-0.2, -0.15) is 0 Å². The van der Waals surface area contributed by atoms with Crippen LogP contribution in [0.3, 0.4) is 0 Å². The van der Waals surface area contributed by atoms with Crippen LogP contribution < -0.4 is 10.6 Å². The fraction of sp³-hybridized carbons (Fsp3) is 0. The molecule has 0 atom stereocenters. The van der Waals surface area contributed by atoms with Crippen LogP contribution in [0.25, 0.3) is 6.08 Å². The molecular weight excluding hydrogens is 242 g/mol. The molecule has 1 aliphatic heterocycles. The van der Waals surface area contributed by atoms with Crippen molar-refractivity contribution in [3.8, 4) is 0 Å². The van der Waals surface area contributed by atoms with Crippen molar-refractivity contribution in [1.82, 2.24) is 10.6 Å². The summed E-state index contributed by atoms with van der Waals surface area (Å²) in [5.41, 5.74) is 1.01. The normalized spacial score (nSPS) is 16.8. The van der Waals surface area contributed by atoms with E-state index in [9.17, 15) is 14.9 Å². The van der Waals surface area contributed by atoms with E-state index in [0.717, 1.165) is 0 Å². The predicted octanol–water partition coefficient (Wildman–Crippen LogP) is 0.940. The number of benzene rings is 1. The lowest BCUT2D eigenvalue weighted by Crippen LogP contribution is -2.21. The van der Waals surface area contributed by atoms with Gasteiger partial charge in [0.2, 0.25) is 0 Å². The van der Waals surface area contributed by atoms with Gasteiger partial charge in [0.05, 0.1) is 4.92 Å². The summed E-state index contributed by atoms with van der Waals surface area (Å²) in [4.78, 5) is 21.3. The molecule has 2 rings (SSSR count). The molecule has 0 aliphatic carbocycles. The zero-order valence-corrected chi connectivity index (χ0v) is 9.28. The van der Waals surface area contributed by atoms with E-state index in [2.05, 4.69) is 10.6 Å². The number of nitro benzene ring substituents is 1. The fourth-order valence-corrected chi connectivity index (χ4v) is 1.54. The summed E-state index contributed by atoms with van der Waals surface area (Å²) in [5, 5.41) is 15.8. The Hall–Kier alpha value is -2.28. The van der Waals surface area contributed by atoms with Gasteiger partial charge >= 0.3 is 0 Å². The molecule has 1 aromatic rings. The Bertz CT molecular complexity index is 536. The van der Waals surface area contributed by atoms with Crippen molar-refractivity contribution in [3.63, 3.8) is 0 Å². The molecule has 7 heteroatoms. The number of thiocarbonyl (C=S) groups is 1. The second kappa shape index (κ2) is 4.30. The van der Waals surface area contributed by atoms with Crippen LogP contribution in [0.1, 0.15) is 5.56 Å². The van der Waals surface area contributed by atoms with Crippen molar-refractivity contribution in [2.45, 2.75) is 0 Å². The van der Waals surface area contributed by atoms with E-state index in [0.29, 0.717) is 11.3 Å². The lowest BCUT2D eigenvalue weighted by Gasteiger charge is -1.96. The number of amides is 1. The maximum absolute atomic E-state index is 11.3. The number of carbonyl (C=O) groups is 1. The molecule has 1 heterocycles. The number of nitro groups is 1. The zero-order chi connectivity index (χ0) is 12.4. The van der Waals surface area contributed by atoms with Crippen LogP contribution in [-0.4, -0.2) is 15.9 Å². The third-order valence-electron chi connectivity index (χ3n) is 2.13. The molecule has 1 aromatic carbocycles. The van der Waals surface area contributed by atoms with Gasteiger partial charge in [-0.05, 0) is 36.0 Å². The topological polar surface area (TPSA) is 84.3 Å². The van der Waals surface area contributed by atoms with Crippen LogP contribution in [0, 0.1) is 10.1 Å². The van der Waals surface area contributed by atoms with E-state index in [-0.39, 0.29) is 16.7 Å². The number of rotatable bonds is 2. The SMILES string of the molecule is O=C1NC(=S)N/C1=C/c1ccc([N+](=O)[O-])cc1. The maximum atomic E-state index is 11.3. The molecular formula is C10H7N3O3S. The highest BCUT2D eigenvalue weighted by Crippen LogP contribution is 2.14. The van der Waals surface area contributed by atoms with Crippen LogP contribution in [0.4, 0.5) is 5.69 Å². The van der Waals surface area contributed by atoms with Crippen LogP contribution in [-0.2, 0) is 4.79 Å². The molecule has 0 aromatic heterocycles. The summed E-state index contributed by atoms with van der Waals surface area (Å²) < 4.78 is 0. The van der Waals surface area contributed by atoms with Gasteiger partial charge in [-0.25, -0.2) is 0 Å². The number of non-ortho nitro benzene ring substituents is 1. The Labute approximate surface area is 101 Å². The molecule has 1 aliphatic rings. The number of nitrogens with one attached hydrogen (secondary N) is 2. The summed E-state index contributed by atoms with van der Waals surface area (Å²) in [6.07, 6.45) is 1.57. The summed E-state index contributed by atoms with van der Waals surface area (Å²) in [7, 11) is 0. The molecule has 0 saturated carbocycles. The van der Waals surface area contributed by atoms with Gasteiger partial charge in [0, 0.05) is 12.1 Å². The van der Waals surface area contributed by atoms with E-state index in [1.807, 2.05) is 0 Å². The van der Waals surface area contributed by atoms with Crippen LogP contribution >= 0.6 is 12.2 Å². The average Bonchev–Trinajstić information content (AvgIpc) is 2.58. The molecule has 2 N–H and O–H groups in total. The molecule has 1 amide bonds. The Balaban J connectivity index is 2.24. The highest BCUT2D eigenvalue weighted by molar-refractivity contribution is 7.80. The number of carbonyl (C=O) groups excluding carboxylic acids is 1. The van der Waals surface area contributed by atoms with Crippen LogP contribution in [0.2, 0.25) is 0 Å². The standard InChI is InChI=1S/C10H7N3O3S/c14-9-8(11-10(17)12-9)5-6-1-3-7(4-2-6)13(15)16/h1-5H,(H2,11,12,14,17)/b8-5+. The maximum Gasteiger partial charge on any atom is 0.273 e. The first-order chi connectivity index (χ1) is 8.06. The van der Waals surface area contributed by atoms with Gasteiger partial charge in [-0.3, -0.25) is 20.2 Å². The Morgan fingerprint density at radius 3 is 2.35 bits per heavy atom. The van der Waals surface area contributed by atoms with E-state index < -0.39 is 4.92 Å². The molecule has 6 nitrogen and oxygen atoms in total. The smallest absolute Gasteiger partial charge is 0.273 e. The number of hydrogen-bond acceptors (Lipinski definition) is 4. The Kier molecular flexibility index (Phi) is 2.84. The molecule has 0 spiro atoms. The zero-order valence-electron chi connectivity index (χ0n) is 8.47. The van der Waals surface area contributed by atoms with E-state index in [1.54, 1.807) is 18.2 Å². The Morgan fingerprint density at radius 2 is 1.88 bits per heavy atom. The first-order valence-corrected chi connectivity index (χ1v) is 5.05. The third-order valence-corrected chi connectivity index (χ3v) is 2.34. The summed E-state index contributed by atoms with van der Waals surface area (Å²) in [6.45, 7) is 0. The predicted molar refractivity (Wildman–Crippen MR) is 64.9 cm³/mol. The first-order valence-electron chi connectivity index (χ1n) is 4.65. The highest BCUT2D eigenvalue weighted by Gasteiger charge is 2.19. The fourth-order valence-electron chi connectivity index (χ4n) is 1.34. The monoisotopic (exact) mass is 249 g/mol. The second-order valence-electron chi connectivity index (χ2n) is 3.31. The van der Waals surface area contributed by atoms with Crippen molar-refractivity contribution in [1.29, 1.82) is 0 Å². The van der Waals surface area contributed by atoms with Crippen molar-refractivity contribution in [2.24, 2.45) is 0 Å². The van der Waals surface area contributed by atoms with Gasteiger partial charge in [0.1, 0.15) is 5.70 Å². The minimum atomic E-state index is -0.480. The Morgan fingerprint density at radius 1 is 1.24 bits per heavy atom. The summed E-state index contributed by atoms with van der Waals surface area (Å²) in [5.74, 6) is -0.312. The van der Waals surface area contributed by atoms with Crippen molar-refractivity contribution in [2.75, 3.05) is 0 Å². The van der Waals surface area contributed by atoms with E-state index in [4.69, 9.17) is 12.2 Å². The quantitative estimate of drug-likeness (QED) is 0.352. The second-order valence-corrected chi connectivity index (χ2v) is 3.72. The van der Waals surface area contributed by atoms with Crippen molar-refractivity contribution in [3.05, 3.63) is 45.6 Å². The minimum Gasteiger partial charge on any atom is -0.328 e. The minimum absolute atomic E-state index is 0.00602. The van der Waals surface area contributed by atoms with Gasteiger partial charge in [0.15, 0.2) is 5.11 Å². The van der Waals surface area contributed by atoms with Crippen LogP contribution in [0.5, 0.6) is 0 Å². The average molecular weight is 249 g/mol. The molecule has 1 fully saturated rings. The molecule has 0 radical (unpaired) electrons. The number of hydrogen-bond donors (Lipinski definition) is 2. The lowest BCUT2D eigenvalue weighted by molar-refractivity contribution is -0.384. The molecule has 86 valence electrons. The third kappa shape index (κ3) is 2.45. The van der Waals surface area contributed by atoms with Gasteiger partial charge in [-0.15, -0.1) is 0 Å². The highest BCUT2D eigenvalue weighted by atomic mass is 32.1. The largest absolute Gasteiger partial charge is 0.328 e. The van der Waals surface area contributed by atoms with Gasteiger partial charge < -0.3 is 5.32 Å². The van der Waals surface area contributed by atoms with Crippen LogP contribution in [0.15, 0.2) is 30.0 Å². The molecule has 1 saturated heterocycles. The first kappa shape index (κ1) is 11.2. The molecule has 0 bridgehead atoms. The lowest BCUT2D eigenvalue weighted by atomic mass is 10.2. The number of nitrogens with zero attached hydrogens (tertiary/aromatic N) is 1. The van der Waals surface area contributed by atoms with Gasteiger partial charge in [-0.1, -0.05) is 0 Å². The molecule has 0 unspecified atom stereocenters. The molecule has 17 heavy (non-hydrogen) atoms. The van der Waals surface area contributed by atoms with Crippen molar-refractivity contribution >= 4 is 35.0 Å².